The summed E-state index contributed by atoms with van der Waals surface area (Å²) in [5.41, 5.74) is 2.64. The van der Waals surface area contributed by atoms with Crippen molar-refractivity contribution in [2.45, 2.75) is 46.0 Å². The zero-order chi connectivity index (χ0) is 11.5. The summed E-state index contributed by atoms with van der Waals surface area (Å²) in [6, 6.07) is 8.80. The van der Waals surface area contributed by atoms with Gasteiger partial charge in [-0.05, 0) is 37.8 Å². The van der Waals surface area contributed by atoms with E-state index >= 15 is 0 Å². The molecular weight excluding hydrogens is 180 g/mol. The molecule has 15 heavy (non-hydrogen) atoms. The number of benzene rings is 1. The fourth-order valence-electron chi connectivity index (χ4n) is 1.67. The molecule has 0 heteroatoms. The maximum absolute atomic E-state index is 3.24. The van der Waals surface area contributed by atoms with Gasteiger partial charge in [0.1, 0.15) is 0 Å². The molecule has 0 heterocycles. The van der Waals surface area contributed by atoms with Gasteiger partial charge < -0.3 is 0 Å². The van der Waals surface area contributed by atoms with Crippen LogP contribution in [0.1, 0.15) is 51.7 Å². The third kappa shape index (κ3) is 2.86. The van der Waals surface area contributed by atoms with Crippen molar-refractivity contribution < 1.29 is 0 Å². The van der Waals surface area contributed by atoms with E-state index < -0.39 is 0 Å². The smallest absolute Gasteiger partial charge is 0.0506 e. The lowest BCUT2D eigenvalue weighted by Gasteiger charge is -2.19. The summed E-state index contributed by atoms with van der Waals surface area (Å²) in [6.45, 7) is 10.6. The first-order chi connectivity index (χ1) is 6.97. The number of hydrogen-bond donors (Lipinski definition) is 0. The Morgan fingerprint density at radius 3 is 2.00 bits per heavy atom. The van der Waals surface area contributed by atoms with Gasteiger partial charge in [0.25, 0.3) is 0 Å². The molecule has 0 aromatic heterocycles. The van der Waals surface area contributed by atoms with E-state index in [0.29, 0.717) is 5.92 Å². The fourth-order valence-corrected chi connectivity index (χ4v) is 1.67. The Bertz CT molecular complexity index is 369. The van der Waals surface area contributed by atoms with Crippen molar-refractivity contribution in [1.82, 2.24) is 0 Å². The van der Waals surface area contributed by atoms with Crippen molar-refractivity contribution in [2.75, 3.05) is 0 Å². The van der Waals surface area contributed by atoms with Gasteiger partial charge >= 0.3 is 0 Å². The zero-order valence-electron chi connectivity index (χ0n) is 10.4. The highest BCUT2D eigenvalue weighted by atomic mass is 14.2. The van der Waals surface area contributed by atoms with E-state index in [2.05, 4.69) is 63.8 Å². The van der Waals surface area contributed by atoms with Crippen molar-refractivity contribution in [1.29, 1.82) is 0 Å². The predicted molar refractivity (Wildman–Crippen MR) is 67.0 cm³/mol. The molecule has 0 atom stereocenters. The van der Waals surface area contributed by atoms with Crippen molar-refractivity contribution in [3.63, 3.8) is 0 Å². The van der Waals surface area contributed by atoms with Gasteiger partial charge in [-0.1, -0.05) is 44.0 Å². The van der Waals surface area contributed by atoms with Crippen LogP contribution in [-0.4, -0.2) is 0 Å². The molecule has 80 valence electrons. The maximum atomic E-state index is 3.24. The summed E-state index contributed by atoms with van der Waals surface area (Å²) < 4.78 is 0. The Morgan fingerprint density at radius 1 is 1.07 bits per heavy atom. The lowest BCUT2D eigenvalue weighted by atomic mass is 9.84. The van der Waals surface area contributed by atoms with Crippen molar-refractivity contribution >= 4 is 0 Å². The second kappa shape index (κ2) is 4.53. The van der Waals surface area contributed by atoms with Gasteiger partial charge in [-0.3, -0.25) is 0 Å². The molecule has 1 aromatic carbocycles. The molecule has 0 fully saturated rings. The molecule has 0 radical (unpaired) electrons. The lowest BCUT2D eigenvalue weighted by molar-refractivity contribution is 0.696. The van der Waals surface area contributed by atoms with E-state index in [1.807, 2.05) is 6.92 Å². The first kappa shape index (κ1) is 11.9. The third-order valence-electron chi connectivity index (χ3n) is 2.74. The van der Waals surface area contributed by atoms with Crippen LogP contribution in [0.25, 0.3) is 0 Å². The minimum absolute atomic E-state index is 0.0374. The molecule has 0 saturated heterocycles. The third-order valence-corrected chi connectivity index (χ3v) is 2.74. The standard InChI is InChI=1S/C15H20/c1-6-11-15(4,5)14-9-7-13(8-10-14)12(2)3/h7-10,12H,1-5H3. The average molecular weight is 200 g/mol. The predicted octanol–water partition coefficient (Wildman–Crippen LogP) is 4.11. The van der Waals surface area contributed by atoms with E-state index in [4.69, 9.17) is 0 Å². The van der Waals surface area contributed by atoms with Gasteiger partial charge in [0, 0.05) is 0 Å². The van der Waals surface area contributed by atoms with Crippen LogP contribution in [-0.2, 0) is 5.41 Å². The topological polar surface area (TPSA) is 0 Å². The minimum Gasteiger partial charge on any atom is -0.106 e. The van der Waals surface area contributed by atoms with Crippen LogP contribution in [0.3, 0.4) is 0 Å². The van der Waals surface area contributed by atoms with Crippen LogP contribution in [0.5, 0.6) is 0 Å². The first-order valence-electron chi connectivity index (χ1n) is 5.51. The summed E-state index contributed by atoms with van der Waals surface area (Å²) >= 11 is 0. The normalized spacial score (nSPS) is 11.1. The molecule has 0 aliphatic heterocycles. The van der Waals surface area contributed by atoms with Crippen LogP contribution >= 0.6 is 0 Å². The summed E-state index contributed by atoms with van der Waals surface area (Å²) in [7, 11) is 0. The van der Waals surface area contributed by atoms with Crippen molar-refractivity contribution in [3.8, 4) is 11.8 Å². The van der Waals surface area contributed by atoms with Crippen LogP contribution in [0.4, 0.5) is 0 Å². The van der Waals surface area contributed by atoms with E-state index in [9.17, 15) is 0 Å². The molecule has 0 amide bonds. The van der Waals surface area contributed by atoms with Gasteiger partial charge in [-0.25, -0.2) is 0 Å². The summed E-state index contributed by atoms with van der Waals surface area (Å²) in [4.78, 5) is 0. The first-order valence-corrected chi connectivity index (χ1v) is 5.51. The molecule has 0 bridgehead atoms. The molecule has 0 nitrogen and oxygen atoms in total. The Kier molecular flexibility index (Phi) is 3.58. The van der Waals surface area contributed by atoms with E-state index in [1.165, 1.54) is 11.1 Å². The quantitative estimate of drug-likeness (QED) is 0.630. The van der Waals surface area contributed by atoms with Crippen LogP contribution in [0.15, 0.2) is 24.3 Å². The molecule has 0 unspecified atom stereocenters. The molecule has 0 aliphatic carbocycles. The SMILES string of the molecule is CC#CC(C)(C)c1ccc(C(C)C)cc1. The molecule has 0 spiro atoms. The molecule has 0 aliphatic rings. The second-order valence-corrected chi connectivity index (χ2v) is 4.78. The van der Waals surface area contributed by atoms with Crippen LogP contribution in [0.2, 0.25) is 0 Å². The molecular formula is C15H20. The summed E-state index contributed by atoms with van der Waals surface area (Å²) in [5, 5.41) is 0. The van der Waals surface area contributed by atoms with Gasteiger partial charge in [-0.15, -0.1) is 5.92 Å². The Balaban J connectivity index is 3.02. The summed E-state index contributed by atoms with van der Waals surface area (Å²) in [5.74, 6) is 6.83. The fraction of sp³-hybridized carbons (Fsp3) is 0.467. The van der Waals surface area contributed by atoms with Gasteiger partial charge in [0.2, 0.25) is 0 Å². The van der Waals surface area contributed by atoms with Crippen LogP contribution < -0.4 is 0 Å². The number of rotatable bonds is 2. The highest BCUT2D eigenvalue weighted by Gasteiger charge is 2.16. The van der Waals surface area contributed by atoms with Gasteiger partial charge in [0.15, 0.2) is 0 Å². The number of hydrogen-bond acceptors (Lipinski definition) is 0. The highest BCUT2D eigenvalue weighted by molar-refractivity contribution is 5.35. The van der Waals surface area contributed by atoms with Crippen molar-refractivity contribution in [3.05, 3.63) is 35.4 Å². The molecule has 1 rings (SSSR count). The zero-order valence-corrected chi connectivity index (χ0v) is 10.4. The van der Waals surface area contributed by atoms with E-state index in [1.54, 1.807) is 0 Å². The monoisotopic (exact) mass is 200 g/mol. The van der Waals surface area contributed by atoms with Gasteiger partial charge in [0.05, 0.1) is 5.41 Å². The van der Waals surface area contributed by atoms with E-state index in [-0.39, 0.29) is 5.41 Å². The van der Waals surface area contributed by atoms with Gasteiger partial charge in [-0.2, -0.15) is 0 Å². The Hall–Kier alpha value is -1.22. The minimum atomic E-state index is -0.0374. The van der Waals surface area contributed by atoms with E-state index in [0.717, 1.165) is 0 Å². The van der Waals surface area contributed by atoms with Crippen LogP contribution in [0, 0.1) is 11.8 Å². The summed E-state index contributed by atoms with van der Waals surface area (Å²) in [6.07, 6.45) is 0. The molecule has 0 saturated carbocycles. The average Bonchev–Trinajstić information content (AvgIpc) is 2.18. The Labute approximate surface area is 93.7 Å². The molecule has 0 N–H and O–H groups in total. The van der Waals surface area contributed by atoms with Crippen molar-refractivity contribution in [2.24, 2.45) is 0 Å². The second-order valence-electron chi connectivity index (χ2n) is 4.78. The Morgan fingerprint density at radius 2 is 1.60 bits per heavy atom. The maximum Gasteiger partial charge on any atom is 0.0506 e. The molecule has 1 aromatic rings. The highest BCUT2D eigenvalue weighted by Crippen LogP contribution is 2.24. The lowest BCUT2D eigenvalue weighted by Crippen LogP contribution is -2.14. The largest absolute Gasteiger partial charge is 0.106 e.